The van der Waals surface area contributed by atoms with E-state index in [2.05, 4.69) is 10.2 Å². The molecule has 0 saturated carbocycles. The molecule has 0 fully saturated rings. The number of nitrogens with one attached hydrogen (secondary N) is 1. The molecular weight excluding hydrogens is 402 g/mol. The maximum Gasteiger partial charge on any atom is 0.416 e. The highest BCUT2D eigenvalue weighted by molar-refractivity contribution is 5.90. The number of rotatable bonds is 7. The van der Waals surface area contributed by atoms with E-state index >= 15 is 0 Å². The Kier molecular flexibility index (Phi) is 7.34. The van der Waals surface area contributed by atoms with Gasteiger partial charge in [0.1, 0.15) is 5.75 Å². The summed E-state index contributed by atoms with van der Waals surface area (Å²) in [4.78, 5) is 37.1. The number of ether oxygens (including phenoxy) is 2. The molecule has 3 rings (SSSR count). The molecule has 2 aromatic rings. The highest BCUT2D eigenvalue weighted by Gasteiger charge is 2.26. The second-order valence-corrected chi connectivity index (χ2v) is 6.89. The first-order chi connectivity index (χ1) is 15.0. The van der Waals surface area contributed by atoms with Crippen LogP contribution in [-0.2, 0) is 16.1 Å². The quantitative estimate of drug-likeness (QED) is 0.411. The number of nitro groups is 1. The summed E-state index contributed by atoms with van der Waals surface area (Å²) in [5.74, 6) is -0.314. The van der Waals surface area contributed by atoms with Crippen LogP contribution in [0.5, 0.6) is 5.75 Å². The van der Waals surface area contributed by atoms with Gasteiger partial charge in [0.15, 0.2) is 0 Å². The minimum absolute atomic E-state index is 0.108. The van der Waals surface area contributed by atoms with Crippen molar-refractivity contribution in [3.8, 4) is 5.75 Å². The summed E-state index contributed by atoms with van der Waals surface area (Å²) in [6.45, 7) is 3.61. The summed E-state index contributed by atoms with van der Waals surface area (Å²) in [5, 5.41) is 13.4. The zero-order valence-corrected chi connectivity index (χ0v) is 17.1. The highest BCUT2D eigenvalue weighted by Crippen LogP contribution is 2.21. The van der Waals surface area contributed by atoms with Crippen molar-refractivity contribution in [1.82, 2.24) is 10.2 Å². The molecule has 1 heterocycles. The third-order valence-electron chi connectivity index (χ3n) is 4.71. The number of esters is 1. The van der Waals surface area contributed by atoms with Gasteiger partial charge in [-0.2, -0.15) is 0 Å². The lowest BCUT2D eigenvalue weighted by molar-refractivity contribution is -0.384. The van der Waals surface area contributed by atoms with E-state index in [4.69, 9.17) is 9.47 Å². The van der Waals surface area contributed by atoms with E-state index in [1.165, 1.54) is 24.3 Å². The number of amides is 1. The number of non-ortho nitro benzene ring substituents is 1. The Morgan fingerprint density at radius 2 is 1.84 bits per heavy atom. The number of hydrogen-bond donors (Lipinski definition) is 1. The van der Waals surface area contributed by atoms with Gasteiger partial charge >= 0.3 is 12.1 Å². The van der Waals surface area contributed by atoms with Gasteiger partial charge in [-0.25, -0.2) is 9.59 Å². The Morgan fingerprint density at radius 1 is 1.13 bits per heavy atom. The topological polar surface area (TPSA) is 111 Å². The molecule has 2 aromatic carbocycles. The van der Waals surface area contributed by atoms with Crippen molar-refractivity contribution in [2.75, 3.05) is 19.7 Å². The van der Waals surface area contributed by atoms with Crippen molar-refractivity contribution in [1.29, 1.82) is 0 Å². The molecule has 9 nitrogen and oxygen atoms in total. The summed E-state index contributed by atoms with van der Waals surface area (Å²) < 4.78 is 10.3. The summed E-state index contributed by atoms with van der Waals surface area (Å²) >= 11 is 0. The van der Waals surface area contributed by atoms with Gasteiger partial charge in [-0.1, -0.05) is 30.3 Å². The lowest BCUT2D eigenvalue weighted by Crippen LogP contribution is -2.40. The van der Waals surface area contributed by atoms with Crippen molar-refractivity contribution in [3.63, 3.8) is 0 Å². The van der Waals surface area contributed by atoms with Gasteiger partial charge in [0.25, 0.3) is 5.69 Å². The van der Waals surface area contributed by atoms with Crippen molar-refractivity contribution in [2.24, 2.45) is 0 Å². The summed E-state index contributed by atoms with van der Waals surface area (Å²) in [7, 11) is 0. The van der Waals surface area contributed by atoms with Crippen molar-refractivity contribution < 1.29 is 24.0 Å². The number of carbonyl (C=O) groups is 2. The number of carbonyl (C=O) groups excluding carboxylic acids is 2. The van der Waals surface area contributed by atoms with Crippen LogP contribution in [0.4, 0.5) is 10.5 Å². The Hall–Kier alpha value is -3.72. The molecular formula is C22H23N3O6. The molecule has 31 heavy (non-hydrogen) atoms. The predicted molar refractivity (Wildman–Crippen MR) is 112 cm³/mol. The summed E-state index contributed by atoms with van der Waals surface area (Å²) in [5.41, 5.74) is 1.85. The molecule has 9 heteroatoms. The molecule has 0 atom stereocenters. The summed E-state index contributed by atoms with van der Waals surface area (Å²) in [6, 6.07) is 15.0. The average molecular weight is 425 g/mol. The Bertz CT molecular complexity index is 973. The van der Waals surface area contributed by atoms with E-state index in [1.54, 1.807) is 6.92 Å². The van der Waals surface area contributed by atoms with Crippen LogP contribution < -0.4 is 10.1 Å². The molecule has 1 N–H and O–H groups in total. The standard InChI is InChI=1S/C22H23N3O6/c1-2-30-21(26)19-12-13-24(14-16-6-4-3-5-7-16)15-20(19)23-22(27)31-18-10-8-17(9-11-18)25(28)29/h3-11H,2,12-15H2,1H3,(H,23,27). The SMILES string of the molecule is CCOC(=O)C1=C(NC(=O)Oc2ccc([N+](=O)[O-])cc2)CN(Cc2ccccc2)CC1. The van der Waals surface area contributed by atoms with Crippen molar-refractivity contribution in [2.45, 2.75) is 19.9 Å². The zero-order valence-electron chi connectivity index (χ0n) is 17.1. The number of nitro benzene ring substituents is 1. The normalized spacial score (nSPS) is 14.1. The maximum atomic E-state index is 12.4. The van der Waals surface area contributed by atoms with Gasteiger partial charge in [-0.15, -0.1) is 0 Å². The van der Waals surface area contributed by atoms with E-state index in [9.17, 15) is 19.7 Å². The molecule has 1 aliphatic heterocycles. The average Bonchev–Trinajstić information content (AvgIpc) is 2.75. The fourth-order valence-corrected chi connectivity index (χ4v) is 3.25. The number of benzene rings is 2. The first-order valence-electron chi connectivity index (χ1n) is 9.85. The molecule has 0 spiro atoms. The van der Waals surface area contributed by atoms with Crippen LogP contribution in [-0.4, -0.2) is 41.6 Å². The minimum atomic E-state index is -0.785. The zero-order chi connectivity index (χ0) is 22.2. The summed E-state index contributed by atoms with van der Waals surface area (Å²) in [6.07, 6.45) is -0.356. The lowest BCUT2D eigenvalue weighted by atomic mass is 10.0. The second-order valence-electron chi connectivity index (χ2n) is 6.89. The number of hydrogen-bond acceptors (Lipinski definition) is 7. The molecule has 1 aliphatic rings. The van der Waals surface area contributed by atoms with Gasteiger partial charge in [0, 0.05) is 37.5 Å². The fourth-order valence-electron chi connectivity index (χ4n) is 3.25. The van der Waals surface area contributed by atoms with Gasteiger partial charge in [0.2, 0.25) is 0 Å². The van der Waals surface area contributed by atoms with E-state index in [0.717, 1.165) is 5.56 Å². The van der Waals surface area contributed by atoms with Crippen LogP contribution in [0.25, 0.3) is 0 Å². The van der Waals surface area contributed by atoms with Gasteiger partial charge in [-0.05, 0) is 31.0 Å². The van der Waals surface area contributed by atoms with E-state index in [-0.39, 0.29) is 18.0 Å². The smallest absolute Gasteiger partial charge is 0.416 e. The monoisotopic (exact) mass is 425 g/mol. The van der Waals surface area contributed by atoms with Gasteiger partial charge < -0.3 is 9.47 Å². The van der Waals surface area contributed by atoms with E-state index in [1.807, 2.05) is 30.3 Å². The minimum Gasteiger partial charge on any atom is -0.463 e. The molecule has 0 bridgehead atoms. The van der Waals surface area contributed by atoms with Crippen molar-refractivity contribution >= 4 is 17.7 Å². The van der Waals surface area contributed by atoms with Crippen LogP contribution in [0, 0.1) is 10.1 Å². The van der Waals surface area contributed by atoms with E-state index < -0.39 is 17.0 Å². The van der Waals surface area contributed by atoms with Crippen LogP contribution in [0.1, 0.15) is 18.9 Å². The van der Waals surface area contributed by atoms with Crippen LogP contribution in [0.3, 0.4) is 0 Å². The van der Waals surface area contributed by atoms with E-state index in [0.29, 0.717) is 37.3 Å². The molecule has 0 unspecified atom stereocenters. The Morgan fingerprint density at radius 3 is 2.48 bits per heavy atom. The number of nitrogens with zero attached hydrogens (tertiary/aromatic N) is 2. The van der Waals surface area contributed by atoms with Gasteiger partial charge in [-0.3, -0.25) is 20.3 Å². The molecule has 0 radical (unpaired) electrons. The first kappa shape index (κ1) is 22.0. The third-order valence-corrected chi connectivity index (χ3v) is 4.71. The largest absolute Gasteiger partial charge is 0.463 e. The highest BCUT2D eigenvalue weighted by atomic mass is 16.6. The lowest BCUT2D eigenvalue weighted by Gasteiger charge is -2.30. The molecule has 0 aliphatic carbocycles. The van der Waals surface area contributed by atoms with Crippen LogP contribution >= 0.6 is 0 Å². The Labute approximate surface area is 179 Å². The van der Waals surface area contributed by atoms with Crippen molar-refractivity contribution in [3.05, 3.63) is 81.5 Å². The fraction of sp³-hybridized carbons (Fsp3) is 0.273. The molecule has 0 saturated heterocycles. The second kappa shape index (κ2) is 10.4. The van der Waals surface area contributed by atoms with Crippen LogP contribution in [0.2, 0.25) is 0 Å². The predicted octanol–water partition coefficient (Wildman–Crippen LogP) is 3.41. The first-order valence-corrected chi connectivity index (χ1v) is 9.85. The third kappa shape index (κ3) is 6.13. The van der Waals surface area contributed by atoms with Gasteiger partial charge in [0.05, 0.1) is 17.1 Å². The van der Waals surface area contributed by atoms with Crippen LogP contribution in [0.15, 0.2) is 65.9 Å². The molecule has 1 amide bonds. The molecule has 162 valence electrons. The maximum absolute atomic E-state index is 12.4. The Balaban J connectivity index is 1.71. The molecule has 0 aromatic heterocycles.